The van der Waals surface area contributed by atoms with Crippen LogP contribution in [-0.4, -0.2) is 37.4 Å². The van der Waals surface area contributed by atoms with E-state index in [1.165, 1.54) is 25.7 Å². The standard InChI is InChI=1S/C20H37NO3/c1-14(2)12-13-16-8-7-11-18(21-4)20(22)23-15(3)19(16)24-17-9-5-6-10-17/h14-19,21H,5-13H2,1-4H3/t15-,16+,18-,19-/m0/s1. The number of likely N-dealkylation sites (N-methyl/N-ethyl adjacent to an activating group) is 1. The molecule has 0 radical (unpaired) electrons. The van der Waals surface area contributed by atoms with E-state index < -0.39 is 0 Å². The first-order chi connectivity index (χ1) is 11.5. The van der Waals surface area contributed by atoms with Gasteiger partial charge in [0.25, 0.3) is 0 Å². The summed E-state index contributed by atoms with van der Waals surface area (Å²) in [5.74, 6) is 1.08. The van der Waals surface area contributed by atoms with Gasteiger partial charge in [0, 0.05) is 0 Å². The first-order valence-corrected chi connectivity index (χ1v) is 10.0. The molecule has 2 fully saturated rings. The topological polar surface area (TPSA) is 47.6 Å². The van der Waals surface area contributed by atoms with Crippen LogP contribution in [-0.2, 0) is 14.3 Å². The first-order valence-electron chi connectivity index (χ1n) is 10.0. The Labute approximate surface area is 148 Å². The number of ether oxygens (including phenoxy) is 2. The fourth-order valence-electron chi connectivity index (χ4n) is 4.17. The van der Waals surface area contributed by atoms with Crippen molar-refractivity contribution >= 4 is 5.97 Å². The number of rotatable bonds is 6. The van der Waals surface area contributed by atoms with Crippen molar-refractivity contribution in [1.82, 2.24) is 5.32 Å². The summed E-state index contributed by atoms with van der Waals surface area (Å²) >= 11 is 0. The Morgan fingerprint density at radius 3 is 2.50 bits per heavy atom. The van der Waals surface area contributed by atoms with E-state index >= 15 is 0 Å². The number of hydrogen-bond donors (Lipinski definition) is 1. The number of cyclic esters (lactones) is 1. The zero-order valence-electron chi connectivity index (χ0n) is 16.1. The SMILES string of the molecule is CN[C@H]1CCC[C@H](CCC(C)C)[C@@H](OC2CCCC2)[C@H](C)OC1=O. The molecule has 1 saturated carbocycles. The van der Waals surface area contributed by atoms with Gasteiger partial charge in [0.2, 0.25) is 0 Å². The van der Waals surface area contributed by atoms with Crippen molar-refractivity contribution in [3.63, 3.8) is 0 Å². The summed E-state index contributed by atoms with van der Waals surface area (Å²) in [5, 5.41) is 3.11. The van der Waals surface area contributed by atoms with Gasteiger partial charge in [-0.25, -0.2) is 0 Å². The van der Waals surface area contributed by atoms with Gasteiger partial charge >= 0.3 is 5.97 Å². The predicted octanol–water partition coefficient (Wildman–Crippen LogP) is 4.07. The van der Waals surface area contributed by atoms with E-state index in [0.717, 1.165) is 32.1 Å². The van der Waals surface area contributed by atoms with Crippen LogP contribution >= 0.6 is 0 Å². The molecule has 2 rings (SSSR count). The van der Waals surface area contributed by atoms with Crippen molar-refractivity contribution in [3.05, 3.63) is 0 Å². The second kappa shape index (κ2) is 9.76. The van der Waals surface area contributed by atoms with Crippen LogP contribution in [0.3, 0.4) is 0 Å². The fourth-order valence-corrected chi connectivity index (χ4v) is 4.17. The maximum Gasteiger partial charge on any atom is 0.323 e. The average molecular weight is 340 g/mol. The third-order valence-electron chi connectivity index (χ3n) is 5.70. The number of nitrogens with one attached hydrogen (secondary N) is 1. The van der Waals surface area contributed by atoms with Crippen LogP contribution in [0.25, 0.3) is 0 Å². The maximum absolute atomic E-state index is 12.4. The van der Waals surface area contributed by atoms with Crippen LogP contribution in [0.15, 0.2) is 0 Å². The van der Waals surface area contributed by atoms with E-state index in [4.69, 9.17) is 9.47 Å². The summed E-state index contributed by atoms with van der Waals surface area (Å²) in [5.41, 5.74) is 0. The molecule has 4 nitrogen and oxygen atoms in total. The summed E-state index contributed by atoms with van der Waals surface area (Å²) in [6.07, 6.45) is 10.5. The quantitative estimate of drug-likeness (QED) is 0.741. The Morgan fingerprint density at radius 2 is 1.88 bits per heavy atom. The molecular formula is C20H37NO3. The summed E-state index contributed by atoms with van der Waals surface area (Å²) in [6, 6.07) is -0.177. The Kier molecular flexibility index (Phi) is 8.02. The average Bonchev–Trinajstić information content (AvgIpc) is 3.05. The molecule has 0 unspecified atom stereocenters. The molecule has 0 aromatic heterocycles. The number of carbonyl (C=O) groups is 1. The molecule has 0 spiro atoms. The maximum atomic E-state index is 12.4. The third-order valence-corrected chi connectivity index (χ3v) is 5.70. The van der Waals surface area contributed by atoms with Gasteiger partial charge in [-0.1, -0.05) is 39.5 Å². The number of carbonyl (C=O) groups excluding carboxylic acids is 1. The summed E-state index contributed by atoms with van der Waals surface area (Å²) in [7, 11) is 1.84. The van der Waals surface area contributed by atoms with Crippen molar-refractivity contribution < 1.29 is 14.3 Å². The molecule has 140 valence electrons. The molecular weight excluding hydrogens is 302 g/mol. The van der Waals surface area contributed by atoms with Gasteiger partial charge in [0.05, 0.1) is 12.2 Å². The summed E-state index contributed by atoms with van der Waals surface area (Å²) in [4.78, 5) is 12.4. The predicted molar refractivity (Wildman–Crippen MR) is 96.9 cm³/mol. The largest absolute Gasteiger partial charge is 0.459 e. The molecule has 4 heteroatoms. The van der Waals surface area contributed by atoms with Crippen LogP contribution in [0.2, 0.25) is 0 Å². The molecule has 0 aromatic carbocycles. The van der Waals surface area contributed by atoms with E-state index in [1.807, 2.05) is 14.0 Å². The highest BCUT2D eigenvalue weighted by Crippen LogP contribution is 2.32. The van der Waals surface area contributed by atoms with Crippen LogP contribution in [0.5, 0.6) is 0 Å². The van der Waals surface area contributed by atoms with Crippen molar-refractivity contribution in [2.45, 2.75) is 103 Å². The molecule has 0 amide bonds. The lowest BCUT2D eigenvalue weighted by Gasteiger charge is -2.33. The van der Waals surface area contributed by atoms with Crippen LogP contribution < -0.4 is 5.32 Å². The Bertz CT molecular complexity index is 379. The minimum Gasteiger partial charge on any atom is -0.459 e. The monoisotopic (exact) mass is 339 g/mol. The highest BCUT2D eigenvalue weighted by molar-refractivity contribution is 5.75. The van der Waals surface area contributed by atoms with Crippen molar-refractivity contribution in [1.29, 1.82) is 0 Å². The van der Waals surface area contributed by atoms with Gasteiger partial charge in [-0.15, -0.1) is 0 Å². The number of esters is 1. The molecule has 2 aliphatic rings. The van der Waals surface area contributed by atoms with Crippen molar-refractivity contribution in [2.75, 3.05) is 7.05 Å². The molecule has 1 aliphatic heterocycles. The van der Waals surface area contributed by atoms with Gasteiger partial charge in [-0.05, 0) is 57.9 Å². The minimum absolute atomic E-state index is 0.0476. The lowest BCUT2D eigenvalue weighted by atomic mass is 9.86. The molecule has 0 bridgehead atoms. The van der Waals surface area contributed by atoms with Gasteiger partial charge in [-0.3, -0.25) is 4.79 Å². The van der Waals surface area contributed by atoms with Crippen LogP contribution in [0.4, 0.5) is 0 Å². The Morgan fingerprint density at radius 1 is 1.17 bits per heavy atom. The molecule has 1 heterocycles. The normalized spacial score (nSPS) is 33.1. The van der Waals surface area contributed by atoms with E-state index in [9.17, 15) is 4.79 Å². The molecule has 1 aliphatic carbocycles. The molecule has 0 aromatic rings. The zero-order valence-corrected chi connectivity index (χ0v) is 16.1. The third kappa shape index (κ3) is 5.73. The lowest BCUT2D eigenvalue weighted by Crippen LogP contribution is -2.42. The van der Waals surface area contributed by atoms with Gasteiger partial charge in [-0.2, -0.15) is 0 Å². The second-order valence-electron chi connectivity index (χ2n) is 8.15. The van der Waals surface area contributed by atoms with Gasteiger partial charge < -0.3 is 14.8 Å². The molecule has 1 saturated heterocycles. The number of hydrogen-bond acceptors (Lipinski definition) is 4. The first kappa shape index (κ1) is 19.7. The van der Waals surface area contributed by atoms with Crippen molar-refractivity contribution in [3.8, 4) is 0 Å². The molecule has 24 heavy (non-hydrogen) atoms. The fraction of sp³-hybridized carbons (Fsp3) is 0.950. The zero-order chi connectivity index (χ0) is 17.5. The Balaban J connectivity index is 2.10. The molecule has 4 atom stereocenters. The van der Waals surface area contributed by atoms with Crippen LogP contribution in [0, 0.1) is 11.8 Å². The second-order valence-corrected chi connectivity index (χ2v) is 8.15. The smallest absolute Gasteiger partial charge is 0.323 e. The lowest BCUT2D eigenvalue weighted by molar-refractivity contribution is -0.165. The summed E-state index contributed by atoms with van der Waals surface area (Å²) < 4.78 is 12.3. The summed E-state index contributed by atoms with van der Waals surface area (Å²) in [6.45, 7) is 6.59. The van der Waals surface area contributed by atoms with Crippen LogP contribution in [0.1, 0.15) is 78.6 Å². The highest BCUT2D eigenvalue weighted by Gasteiger charge is 2.35. The minimum atomic E-state index is -0.177. The molecule has 1 N–H and O–H groups in total. The van der Waals surface area contributed by atoms with Gasteiger partial charge in [0.15, 0.2) is 0 Å². The van der Waals surface area contributed by atoms with E-state index in [2.05, 4.69) is 19.2 Å². The van der Waals surface area contributed by atoms with E-state index in [-0.39, 0.29) is 24.2 Å². The van der Waals surface area contributed by atoms with Crippen molar-refractivity contribution in [2.24, 2.45) is 11.8 Å². The van der Waals surface area contributed by atoms with Gasteiger partial charge in [0.1, 0.15) is 12.1 Å². The van der Waals surface area contributed by atoms with E-state index in [0.29, 0.717) is 17.9 Å². The Hall–Kier alpha value is -0.610. The highest BCUT2D eigenvalue weighted by atomic mass is 16.6. The van der Waals surface area contributed by atoms with E-state index in [1.54, 1.807) is 0 Å².